The first-order valence-corrected chi connectivity index (χ1v) is 10.6. The number of H-pyrrole nitrogens is 1. The van der Waals surface area contributed by atoms with Gasteiger partial charge in [0, 0.05) is 36.3 Å². The number of nitrogens with zero attached hydrogens (tertiary/aromatic N) is 4. The molecule has 1 fully saturated rings. The molecular formula is C22H21N7O6. The zero-order valence-corrected chi connectivity index (χ0v) is 18.5. The molecule has 4 heterocycles. The Bertz CT molecular complexity index is 1470. The molecule has 13 nitrogen and oxygen atoms in total. The lowest BCUT2D eigenvalue weighted by Gasteiger charge is -2.37. The van der Waals surface area contributed by atoms with Gasteiger partial charge in [-0.3, -0.25) is 19.3 Å². The number of aromatic amines is 1. The van der Waals surface area contributed by atoms with Crippen molar-refractivity contribution in [2.24, 2.45) is 0 Å². The number of hydrogen-bond donors (Lipinski definition) is 4. The van der Waals surface area contributed by atoms with Gasteiger partial charge >= 0.3 is 0 Å². The first-order chi connectivity index (χ1) is 16.7. The number of rotatable bonds is 5. The fourth-order valence-corrected chi connectivity index (χ4v) is 3.77. The number of morpholine rings is 1. The normalized spacial score (nSPS) is 17.9. The molecule has 2 atom stereocenters. The number of carbonyl (C=O) groups excluding carboxylic acids is 2. The minimum Gasteiger partial charge on any atom is -0.380 e. The quantitative estimate of drug-likeness (QED) is 0.315. The molecule has 0 spiro atoms. The number of nitrogen functional groups attached to an aromatic ring is 1. The van der Waals surface area contributed by atoms with E-state index in [0.29, 0.717) is 28.2 Å². The summed E-state index contributed by atoms with van der Waals surface area (Å²) in [7, 11) is 0. The summed E-state index contributed by atoms with van der Waals surface area (Å²) < 4.78 is 12.1. The van der Waals surface area contributed by atoms with Crippen molar-refractivity contribution in [2.75, 3.05) is 29.1 Å². The van der Waals surface area contributed by atoms with Gasteiger partial charge in [-0.05, 0) is 25.1 Å². The zero-order chi connectivity index (χ0) is 24.7. The van der Waals surface area contributed by atoms with Gasteiger partial charge in [0.15, 0.2) is 28.9 Å². The van der Waals surface area contributed by atoms with Gasteiger partial charge in [-0.25, -0.2) is 4.68 Å². The molecule has 1 saturated heterocycles. The highest BCUT2D eigenvalue weighted by atomic mass is 16.5. The minimum absolute atomic E-state index is 0.0780. The van der Waals surface area contributed by atoms with E-state index in [1.165, 1.54) is 34.8 Å². The third-order valence-corrected chi connectivity index (χ3v) is 5.70. The summed E-state index contributed by atoms with van der Waals surface area (Å²) in [5.41, 5.74) is 4.51. The van der Waals surface area contributed by atoms with Gasteiger partial charge in [-0.2, -0.15) is 0 Å². The Hall–Kier alpha value is -4.49. The maximum atomic E-state index is 13.2. The van der Waals surface area contributed by atoms with Crippen LogP contribution in [-0.4, -0.2) is 61.7 Å². The smallest absolute Gasteiger partial charge is 0.260 e. The molecule has 13 heteroatoms. The molecule has 1 aliphatic rings. The van der Waals surface area contributed by atoms with Crippen LogP contribution in [0.5, 0.6) is 0 Å². The van der Waals surface area contributed by atoms with Gasteiger partial charge in [0.2, 0.25) is 5.56 Å². The Morgan fingerprint density at radius 3 is 2.89 bits per heavy atom. The van der Waals surface area contributed by atoms with Gasteiger partial charge in [-0.15, -0.1) is 5.10 Å². The molecule has 5 N–H and O–H groups in total. The van der Waals surface area contributed by atoms with Crippen molar-refractivity contribution in [3.8, 4) is 5.69 Å². The van der Waals surface area contributed by atoms with Crippen molar-refractivity contribution in [3.05, 3.63) is 59.1 Å². The number of ether oxygens (including phenoxy) is 1. The highest BCUT2D eigenvalue weighted by Gasteiger charge is 2.48. The van der Waals surface area contributed by atoms with E-state index >= 15 is 0 Å². The average Bonchev–Trinajstić information content (AvgIpc) is 3.47. The maximum Gasteiger partial charge on any atom is 0.260 e. The van der Waals surface area contributed by atoms with E-state index in [0.717, 1.165) is 0 Å². The van der Waals surface area contributed by atoms with Crippen LogP contribution in [0, 0.1) is 0 Å². The summed E-state index contributed by atoms with van der Waals surface area (Å²) in [6.07, 6.45) is 1.64. The molecule has 1 aromatic carbocycles. The largest absolute Gasteiger partial charge is 0.380 e. The predicted molar refractivity (Wildman–Crippen MR) is 124 cm³/mol. The number of nitrogens with one attached hydrogen (secondary N) is 2. The van der Waals surface area contributed by atoms with Crippen LogP contribution in [0.4, 0.5) is 17.3 Å². The molecule has 2 amide bonds. The third kappa shape index (κ3) is 4.02. The molecule has 0 aliphatic carbocycles. The zero-order valence-electron chi connectivity index (χ0n) is 18.5. The molecular weight excluding hydrogens is 458 g/mol. The summed E-state index contributed by atoms with van der Waals surface area (Å²) in [6.45, 7) is 1.46. The fraction of sp³-hybridized carbons (Fsp3) is 0.227. The van der Waals surface area contributed by atoms with Gasteiger partial charge in [0.1, 0.15) is 0 Å². The predicted octanol–water partition coefficient (Wildman–Crippen LogP) is 0.405. The Morgan fingerprint density at radius 2 is 2.11 bits per heavy atom. The van der Waals surface area contributed by atoms with Crippen LogP contribution in [0.15, 0.2) is 58.1 Å². The summed E-state index contributed by atoms with van der Waals surface area (Å²) in [6, 6.07) is 9.25. The lowest BCUT2D eigenvalue weighted by molar-refractivity contribution is -0.165. The number of hydrogen-bond acceptors (Lipinski definition) is 9. The lowest BCUT2D eigenvalue weighted by Crippen LogP contribution is -2.61. The van der Waals surface area contributed by atoms with Gasteiger partial charge in [-0.1, -0.05) is 5.16 Å². The second kappa shape index (κ2) is 8.38. The summed E-state index contributed by atoms with van der Waals surface area (Å²) in [4.78, 5) is 41.4. The van der Waals surface area contributed by atoms with Gasteiger partial charge < -0.3 is 30.4 Å². The summed E-state index contributed by atoms with van der Waals surface area (Å²) >= 11 is 0. The first kappa shape index (κ1) is 22.3. The molecule has 4 aromatic rings. The van der Waals surface area contributed by atoms with Crippen molar-refractivity contribution < 1.29 is 24.0 Å². The minimum atomic E-state index is -2.20. The van der Waals surface area contributed by atoms with E-state index in [9.17, 15) is 19.5 Å². The molecule has 0 radical (unpaired) electrons. The molecule has 35 heavy (non-hydrogen) atoms. The topological polar surface area (TPSA) is 182 Å². The van der Waals surface area contributed by atoms with Crippen LogP contribution in [0.1, 0.15) is 6.92 Å². The monoisotopic (exact) mass is 479 g/mol. The Kier molecular flexibility index (Phi) is 5.34. The number of aliphatic hydroxyl groups is 1. The number of anilines is 3. The fourth-order valence-electron chi connectivity index (χ4n) is 3.77. The summed E-state index contributed by atoms with van der Waals surface area (Å²) in [5, 5.41) is 22.2. The highest BCUT2D eigenvalue weighted by molar-refractivity contribution is 6.06. The van der Waals surface area contributed by atoms with Crippen molar-refractivity contribution in [3.63, 3.8) is 0 Å². The van der Waals surface area contributed by atoms with Crippen LogP contribution in [0.25, 0.3) is 16.7 Å². The van der Waals surface area contributed by atoms with E-state index < -0.39 is 23.5 Å². The second-order valence-electron chi connectivity index (χ2n) is 8.15. The van der Waals surface area contributed by atoms with Crippen LogP contribution in [0.2, 0.25) is 0 Å². The van der Waals surface area contributed by atoms with Crippen molar-refractivity contribution in [1.82, 2.24) is 19.9 Å². The van der Waals surface area contributed by atoms with Crippen LogP contribution >= 0.6 is 0 Å². The number of aromatic nitrogens is 4. The standard InChI is InChI=1S/C22H21N7O6/c1-22(33,21(32)25-12-2-4-14-15(10-12)35-27-19(14)23)18-20(31)28(8-9-34-18)16-6-7-29(26-16)13-3-5-17(30)24-11-13/h2-7,10-11,18,33H,8-9H2,1H3,(H2,23,27)(H,24,30)(H,25,32)/t18-,22+/m0/s1. The average molecular weight is 479 g/mol. The SMILES string of the molecule is C[C@](O)(C(=O)Nc1ccc2c(N)noc2c1)[C@H]1OCCN(c2ccn(-c3ccc(=O)[nH]c3)n2)C1=O. The molecule has 0 unspecified atom stereocenters. The van der Waals surface area contributed by atoms with Gasteiger partial charge in [0.05, 0.1) is 24.2 Å². The maximum absolute atomic E-state index is 13.2. The Balaban J connectivity index is 1.34. The number of amides is 2. The molecule has 1 aliphatic heterocycles. The summed E-state index contributed by atoms with van der Waals surface area (Å²) in [5.74, 6) is -0.946. The number of carbonyl (C=O) groups is 2. The highest BCUT2D eigenvalue weighted by Crippen LogP contribution is 2.27. The lowest BCUT2D eigenvalue weighted by atomic mass is 9.95. The number of nitrogens with two attached hydrogens (primary N) is 1. The van der Waals surface area contributed by atoms with E-state index in [1.54, 1.807) is 30.5 Å². The molecule has 180 valence electrons. The van der Waals surface area contributed by atoms with E-state index in [2.05, 4.69) is 20.6 Å². The molecule has 5 rings (SSSR count). The van der Waals surface area contributed by atoms with Gasteiger partial charge in [0.25, 0.3) is 11.8 Å². The number of fused-ring (bicyclic) bond motifs is 1. The van der Waals surface area contributed by atoms with Crippen LogP contribution in [-0.2, 0) is 14.3 Å². The molecule has 3 aromatic heterocycles. The van der Waals surface area contributed by atoms with Crippen molar-refractivity contribution in [1.29, 1.82) is 0 Å². The Morgan fingerprint density at radius 1 is 1.29 bits per heavy atom. The van der Waals surface area contributed by atoms with Crippen molar-refractivity contribution >= 4 is 40.1 Å². The van der Waals surface area contributed by atoms with E-state index in [1.807, 2.05) is 0 Å². The molecule has 0 bridgehead atoms. The second-order valence-corrected chi connectivity index (χ2v) is 8.15. The molecule has 0 saturated carbocycles. The van der Waals surface area contributed by atoms with Crippen LogP contribution in [0.3, 0.4) is 0 Å². The Labute approximate surface area is 197 Å². The number of benzene rings is 1. The van der Waals surface area contributed by atoms with Crippen molar-refractivity contribution in [2.45, 2.75) is 18.6 Å². The third-order valence-electron chi connectivity index (χ3n) is 5.70. The number of pyridine rings is 1. The van der Waals surface area contributed by atoms with E-state index in [-0.39, 0.29) is 24.5 Å². The van der Waals surface area contributed by atoms with E-state index in [4.69, 9.17) is 15.0 Å². The van der Waals surface area contributed by atoms with Crippen LogP contribution < -0.4 is 21.5 Å². The first-order valence-electron chi connectivity index (χ1n) is 10.6.